The summed E-state index contributed by atoms with van der Waals surface area (Å²) in [4.78, 5) is 0. The molecule has 7 nitrogen and oxygen atoms in total. The first kappa shape index (κ1) is 13.3. The molecule has 2 N–H and O–H groups in total. The van der Waals surface area contributed by atoms with Crippen LogP contribution >= 0.6 is 0 Å². The first-order valence-corrected chi connectivity index (χ1v) is 7.02. The molecule has 0 saturated heterocycles. The minimum absolute atomic E-state index is 0.132. The van der Waals surface area contributed by atoms with Crippen molar-refractivity contribution in [2.75, 3.05) is 6.61 Å². The van der Waals surface area contributed by atoms with Gasteiger partial charge in [0, 0.05) is 30.9 Å². The number of aryl methyl sites for hydroxylation is 1. The fraction of sp³-hybridized carbons (Fsp3) is 0.615. The van der Waals surface area contributed by atoms with Crippen LogP contribution in [0.25, 0.3) is 0 Å². The average molecular weight is 276 g/mol. The Bertz CT molecular complexity index is 575. The Morgan fingerprint density at radius 3 is 3.10 bits per heavy atom. The molecule has 0 saturated carbocycles. The third kappa shape index (κ3) is 2.46. The maximum atomic E-state index is 9.07. The fourth-order valence-corrected chi connectivity index (χ4v) is 2.82. The Hall–Kier alpha value is -1.73. The summed E-state index contributed by atoms with van der Waals surface area (Å²) in [5.74, 6) is 0. The Labute approximate surface area is 117 Å². The standard InChI is InChI=1S/C13H20N6O/c1-18-10(8-15-17-18)7-14-12-3-2-4-13-11(12)9-16-19(13)5-6-20/h8-9,12,14,20H,2-7H2,1H3. The van der Waals surface area contributed by atoms with Crippen molar-refractivity contribution in [2.24, 2.45) is 7.05 Å². The van der Waals surface area contributed by atoms with Gasteiger partial charge in [0.2, 0.25) is 0 Å². The van der Waals surface area contributed by atoms with E-state index >= 15 is 0 Å². The van der Waals surface area contributed by atoms with Crippen LogP contribution in [-0.4, -0.2) is 36.5 Å². The van der Waals surface area contributed by atoms with Gasteiger partial charge in [-0.3, -0.25) is 9.36 Å². The summed E-state index contributed by atoms with van der Waals surface area (Å²) in [6.45, 7) is 1.46. The largest absolute Gasteiger partial charge is 0.394 e. The van der Waals surface area contributed by atoms with Crippen LogP contribution in [0.1, 0.15) is 35.8 Å². The Balaban J connectivity index is 1.72. The molecule has 0 radical (unpaired) electrons. The highest BCUT2D eigenvalue weighted by Gasteiger charge is 2.23. The number of aliphatic hydroxyl groups excluding tert-OH is 1. The van der Waals surface area contributed by atoms with Gasteiger partial charge in [-0.05, 0) is 19.3 Å². The predicted octanol–water partition coefficient (Wildman–Crippen LogP) is 0.171. The van der Waals surface area contributed by atoms with Gasteiger partial charge in [-0.25, -0.2) is 0 Å². The Morgan fingerprint density at radius 2 is 2.35 bits per heavy atom. The molecule has 1 aliphatic rings. The van der Waals surface area contributed by atoms with E-state index in [0.29, 0.717) is 12.6 Å². The maximum Gasteiger partial charge on any atom is 0.0738 e. The van der Waals surface area contributed by atoms with Crippen molar-refractivity contribution in [2.45, 2.75) is 38.4 Å². The monoisotopic (exact) mass is 276 g/mol. The molecule has 0 bridgehead atoms. The summed E-state index contributed by atoms with van der Waals surface area (Å²) in [5, 5.41) is 24.8. The molecule has 1 unspecified atom stereocenters. The van der Waals surface area contributed by atoms with E-state index in [1.165, 1.54) is 11.3 Å². The van der Waals surface area contributed by atoms with E-state index in [9.17, 15) is 0 Å². The van der Waals surface area contributed by atoms with Gasteiger partial charge in [0.1, 0.15) is 0 Å². The average Bonchev–Trinajstić information content (AvgIpc) is 3.04. The van der Waals surface area contributed by atoms with Gasteiger partial charge < -0.3 is 10.4 Å². The summed E-state index contributed by atoms with van der Waals surface area (Å²) in [6, 6.07) is 0.320. The first-order valence-electron chi connectivity index (χ1n) is 7.02. The van der Waals surface area contributed by atoms with Gasteiger partial charge in [0.05, 0.1) is 31.2 Å². The van der Waals surface area contributed by atoms with Crippen LogP contribution in [-0.2, 0) is 26.6 Å². The zero-order valence-electron chi connectivity index (χ0n) is 11.7. The zero-order valence-corrected chi connectivity index (χ0v) is 11.7. The van der Waals surface area contributed by atoms with E-state index < -0.39 is 0 Å². The normalized spacial score (nSPS) is 18.2. The highest BCUT2D eigenvalue weighted by Crippen LogP contribution is 2.29. The lowest BCUT2D eigenvalue weighted by molar-refractivity contribution is 0.266. The van der Waals surface area contributed by atoms with Crippen molar-refractivity contribution >= 4 is 0 Å². The van der Waals surface area contributed by atoms with E-state index in [2.05, 4.69) is 20.7 Å². The topological polar surface area (TPSA) is 80.8 Å². The van der Waals surface area contributed by atoms with E-state index in [1.54, 1.807) is 10.9 Å². The Kier molecular flexibility index (Phi) is 3.79. The molecule has 108 valence electrons. The van der Waals surface area contributed by atoms with Crippen molar-refractivity contribution in [3.05, 3.63) is 29.3 Å². The number of aromatic nitrogens is 5. The number of hydrogen-bond acceptors (Lipinski definition) is 5. The molecule has 0 spiro atoms. The predicted molar refractivity (Wildman–Crippen MR) is 72.8 cm³/mol. The van der Waals surface area contributed by atoms with Gasteiger partial charge in [0.25, 0.3) is 0 Å². The Morgan fingerprint density at radius 1 is 1.45 bits per heavy atom. The lowest BCUT2D eigenvalue weighted by atomic mass is 9.93. The maximum absolute atomic E-state index is 9.07. The zero-order chi connectivity index (χ0) is 13.9. The molecular weight excluding hydrogens is 256 g/mol. The molecule has 0 aliphatic heterocycles. The smallest absolute Gasteiger partial charge is 0.0738 e. The summed E-state index contributed by atoms with van der Waals surface area (Å²) in [5.41, 5.74) is 3.59. The van der Waals surface area contributed by atoms with E-state index in [0.717, 1.165) is 31.5 Å². The molecule has 0 fully saturated rings. The molecule has 2 aromatic rings. The molecule has 1 atom stereocenters. The molecule has 7 heteroatoms. The third-order valence-electron chi connectivity index (χ3n) is 3.91. The van der Waals surface area contributed by atoms with Crippen molar-refractivity contribution in [1.29, 1.82) is 0 Å². The number of nitrogens with zero attached hydrogens (tertiary/aromatic N) is 5. The number of aliphatic hydroxyl groups is 1. The number of rotatable bonds is 5. The van der Waals surface area contributed by atoms with E-state index in [1.807, 2.05) is 17.9 Å². The first-order chi connectivity index (χ1) is 9.79. The molecular formula is C13H20N6O. The lowest BCUT2D eigenvalue weighted by Crippen LogP contribution is -2.26. The molecule has 1 aliphatic carbocycles. The summed E-state index contributed by atoms with van der Waals surface area (Å²) >= 11 is 0. The van der Waals surface area contributed by atoms with Crippen molar-refractivity contribution < 1.29 is 5.11 Å². The van der Waals surface area contributed by atoms with Gasteiger partial charge >= 0.3 is 0 Å². The highest BCUT2D eigenvalue weighted by atomic mass is 16.3. The molecule has 0 amide bonds. The fourth-order valence-electron chi connectivity index (χ4n) is 2.82. The molecule has 20 heavy (non-hydrogen) atoms. The highest BCUT2D eigenvalue weighted by molar-refractivity contribution is 5.25. The van der Waals surface area contributed by atoms with E-state index in [4.69, 9.17) is 5.11 Å². The quantitative estimate of drug-likeness (QED) is 0.814. The minimum atomic E-state index is 0.132. The molecule has 2 aromatic heterocycles. The van der Waals surface area contributed by atoms with Crippen LogP contribution < -0.4 is 5.32 Å². The van der Waals surface area contributed by atoms with Crippen LogP contribution in [0, 0.1) is 0 Å². The second-order valence-corrected chi connectivity index (χ2v) is 5.17. The van der Waals surface area contributed by atoms with Crippen LogP contribution in [0.5, 0.6) is 0 Å². The second-order valence-electron chi connectivity index (χ2n) is 5.17. The third-order valence-corrected chi connectivity index (χ3v) is 3.91. The summed E-state index contributed by atoms with van der Waals surface area (Å²) in [7, 11) is 1.90. The van der Waals surface area contributed by atoms with Crippen LogP contribution in [0.15, 0.2) is 12.4 Å². The van der Waals surface area contributed by atoms with E-state index in [-0.39, 0.29) is 6.61 Å². The van der Waals surface area contributed by atoms with Crippen molar-refractivity contribution in [1.82, 2.24) is 30.1 Å². The second kappa shape index (κ2) is 5.72. The molecule has 2 heterocycles. The summed E-state index contributed by atoms with van der Waals surface area (Å²) < 4.78 is 3.71. The molecule has 3 rings (SSSR count). The number of nitrogens with one attached hydrogen (secondary N) is 1. The van der Waals surface area contributed by atoms with Gasteiger partial charge in [-0.1, -0.05) is 5.21 Å². The number of hydrogen-bond donors (Lipinski definition) is 2. The van der Waals surface area contributed by atoms with Crippen LogP contribution in [0.4, 0.5) is 0 Å². The van der Waals surface area contributed by atoms with Gasteiger partial charge in [0.15, 0.2) is 0 Å². The van der Waals surface area contributed by atoms with Gasteiger partial charge in [-0.15, -0.1) is 5.10 Å². The lowest BCUT2D eigenvalue weighted by Gasteiger charge is -2.24. The molecule has 0 aromatic carbocycles. The van der Waals surface area contributed by atoms with Crippen LogP contribution in [0.3, 0.4) is 0 Å². The van der Waals surface area contributed by atoms with Crippen molar-refractivity contribution in [3.63, 3.8) is 0 Å². The van der Waals surface area contributed by atoms with Gasteiger partial charge in [-0.2, -0.15) is 5.10 Å². The number of fused-ring (bicyclic) bond motifs is 1. The minimum Gasteiger partial charge on any atom is -0.394 e. The van der Waals surface area contributed by atoms with Crippen molar-refractivity contribution in [3.8, 4) is 0 Å². The SMILES string of the molecule is Cn1nncc1CNC1CCCc2c1cnn2CCO. The van der Waals surface area contributed by atoms with Crippen LogP contribution in [0.2, 0.25) is 0 Å². The summed E-state index contributed by atoms with van der Waals surface area (Å²) in [6.07, 6.45) is 7.02.